The molecular formula is C15H14O2S3. The summed E-state index contributed by atoms with van der Waals surface area (Å²) < 4.78 is 0. The molecule has 5 heteroatoms. The second-order valence-corrected chi connectivity index (χ2v) is 7.97. The van der Waals surface area contributed by atoms with Gasteiger partial charge in [-0.1, -0.05) is 0 Å². The fourth-order valence-corrected chi connectivity index (χ4v) is 5.19. The van der Waals surface area contributed by atoms with Gasteiger partial charge >= 0.3 is 0 Å². The van der Waals surface area contributed by atoms with E-state index in [0.29, 0.717) is 11.5 Å². The van der Waals surface area contributed by atoms with E-state index in [-0.39, 0.29) is 5.41 Å². The van der Waals surface area contributed by atoms with Crippen LogP contribution in [-0.4, -0.2) is 10.2 Å². The Balaban J connectivity index is 2.02. The lowest BCUT2D eigenvalue weighted by atomic mass is 9.89. The van der Waals surface area contributed by atoms with Crippen LogP contribution in [0.2, 0.25) is 0 Å². The maximum atomic E-state index is 9.96. The first kappa shape index (κ1) is 13.7. The molecule has 0 aliphatic heterocycles. The van der Waals surface area contributed by atoms with E-state index in [2.05, 4.69) is 19.9 Å². The zero-order valence-electron chi connectivity index (χ0n) is 11.1. The van der Waals surface area contributed by atoms with Crippen LogP contribution in [0.4, 0.5) is 0 Å². The van der Waals surface area contributed by atoms with Crippen LogP contribution in [0.15, 0.2) is 35.0 Å². The molecule has 0 amide bonds. The highest BCUT2D eigenvalue weighted by molar-refractivity contribution is 7.21. The van der Waals surface area contributed by atoms with Crippen LogP contribution >= 0.6 is 34.0 Å². The third-order valence-corrected chi connectivity index (χ3v) is 7.02. The Bertz CT molecular complexity index is 734. The summed E-state index contributed by atoms with van der Waals surface area (Å²) in [4.78, 5) is 4.13. The topological polar surface area (TPSA) is 40.5 Å². The van der Waals surface area contributed by atoms with Crippen LogP contribution < -0.4 is 0 Å². The first-order valence-electron chi connectivity index (χ1n) is 6.14. The summed E-state index contributed by atoms with van der Waals surface area (Å²) in [5.74, 6) is 0.689. The fourth-order valence-electron chi connectivity index (χ4n) is 2.16. The third kappa shape index (κ3) is 2.16. The van der Waals surface area contributed by atoms with Gasteiger partial charge in [-0.25, -0.2) is 0 Å². The highest BCUT2D eigenvalue weighted by Crippen LogP contribution is 2.46. The van der Waals surface area contributed by atoms with Crippen molar-refractivity contribution in [1.29, 1.82) is 0 Å². The molecule has 0 aromatic carbocycles. The summed E-state index contributed by atoms with van der Waals surface area (Å²) in [6, 6.07) is 7.58. The largest absolute Gasteiger partial charge is 0.507 e. The van der Waals surface area contributed by atoms with Crippen LogP contribution in [0.1, 0.15) is 23.6 Å². The maximum absolute atomic E-state index is 9.96. The molecule has 3 aromatic heterocycles. The predicted molar refractivity (Wildman–Crippen MR) is 87.4 cm³/mol. The van der Waals surface area contributed by atoms with Crippen molar-refractivity contribution >= 4 is 34.0 Å². The van der Waals surface area contributed by atoms with Crippen LogP contribution in [0.25, 0.3) is 9.75 Å². The van der Waals surface area contributed by atoms with Gasteiger partial charge in [-0.15, -0.1) is 34.0 Å². The quantitative estimate of drug-likeness (QED) is 0.689. The van der Waals surface area contributed by atoms with Gasteiger partial charge in [0.2, 0.25) is 0 Å². The first-order chi connectivity index (χ1) is 9.50. The standard InChI is InChI=1S/C15H14O2S3/c1-15(2,14-10(17)6-8-19-14)12-4-3-11(20-12)13-9(16)5-7-18-13/h3-8,16-17H,1-2H3. The van der Waals surface area contributed by atoms with E-state index in [4.69, 9.17) is 0 Å². The fraction of sp³-hybridized carbons (Fsp3) is 0.200. The molecular weight excluding hydrogens is 308 g/mol. The molecule has 0 saturated heterocycles. The van der Waals surface area contributed by atoms with Gasteiger partial charge in [0.05, 0.1) is 9.75 Å². The van der Waals surface area contributed by atoms with Gasteiger partial charge in [-0.2, -0.15) is 0 Å². The van der Waals surface area contributed by atoms with Gasteiger partial charge in [0, 0.05) is 15.2 Å². The summed E-state index contributed by atoms with van der Waals surface area (Å²) in [7, 11) is 0. The molecule has 0 aliphatic rings. The molecule has 0 atom stereocenters. The number of hydrogen-bond acceptors (Lipinski definition) is 5. The van der Waals surface area contributed by atoms with E-state index in [1.165, 1.54) is 4.88 Å². The second kappa shape index (κ2) is 4.91. The zero-order valence-corrected chi connectivity index (χ0v) is 13.5. The lowest BCUT2D eigenvalue weighted by Gasteiger charge is -2.22. The van der Waals surface area contributed by atoms with Gasteiger partial charge in [0.25, 0.3) is 0 Å². The van der Waals surface area contributed by atoms with Crippen LogP contribution in [-0.2, 0) is 5.41 Å². The van der Waals surface area contributed by atoms with Crippen molar-refractivity contribution in [3.8, 4) is 21.3 Å². The highest BCUT2D eigenvalue weighted by Gasteiger charge is 2.29. The molecule has 20 heavy (non-hydrogen) atoms. The minimum atomic E-state index is -0.228. The smallest absolute Gasteiger partial charge is 0.134 e. The average molecular weight is 322 g/mol. The Hall–Kier alpha value is -1.30. The van der Waals surface area contributed by atoms with Crippen LogP contribution in [0.5, 0.6) is 11.5 Å². The summed E-state index contributed by atoms with van der Waals surface area (Å²) in [5, 5.41) is 23.6. The maximum Gasteiger partial charge on any atom is 0.134 e. The minimum Gasteiger partial charge on any atom is -0.507 e. The predicted octanol–water partition coefficient (Wildman–Crippen LogP) is 5.28. The number of rotatable bonds is 3. The van der Waals surface area contributed by atoms with E-state index in [1.807, 2.05) is 16.8 Å². The van der Waals surface area contributed by atoms with Crippen molar-refractivity contribution in [1.82, 2.24) is 0 Å². The zero-order chi connectivity index (χ0) is 14.3. The third-order valence-electron chi connectivity index (χ3n) is 3.30. The Kier molecular flexibility index (Phi) is 3.36. The van der Waals surface area contributed by atoms with E-state index in [0.717, 1.165) is 14.6 Å². The molecule has 0 spiro atoms. The molecule has 3 aromatic rings. The SMILES string of the molecule is CC(C)(c1ccc(-c2sccc2O)s1)c1sccc1O. The summed E-state index contributed by atoms with van der Waals surface area (Å²) in [6.45, 7) is 4.23. The van der Waals surface area contributed by atoms with Crippen molar-refractivity contribution in [2.24, 2.45) is 0 Å². The van der Waals surface area contributed by atoms with Crippen molar-refractivity contribution in [2.45, 2.75) is 19.3 Å². The lowest BCUT2D eigenvalue weighted by Crippen LogP contribution is -2.15. The molecule has 2 N–H and O–H groups in total. The summed E-state index contributed by atoms with van der Waals surface area (Å²) in [5.41, 5.74) is -0.228. The Morgan fingerprint density at radius 1 is 0.900 bits per heavy atom. The monoisotopic (exact) mass is 322 g/mol. The van der Waals surface area contributed by atoms with E-state index in [9.17, 15) is 10.2 Å². The van der Waals surface area contributed by atoms with Crippen molar-refractivity contribution in [3.05, 3.63) is 44.8 Å². The van der Waals surface area contributed by atoms with E-state index < -0.39 is 0 Å². The molecule has 0 fully saturated rings. The van der Waals surface area contributed by atoms with Gasteiger partial charge in [-0.05, 0) is 48.9 Å². The van der Waals surface area contributed by atoms with Gasteiger partial charge in [0.1, 0.15) is 11.5 Å². The van der Waals surface area contributed by atoms with Crippen molar-refractivity contribution in [2.75, 3.05) is 0 Å². The summed E-state index contributed by atoms with van der Waals surface area (Å²) in [6.07, 6.45) is 0. The number of hydrogen-bond donors (Lipinski definition) is 2. The molecule has 2 nitrogen and oxygen atoms in total. The molecule has 3 rings (SSSR count). The van der Waals surface area contributed by atoms with Gasteiger partial charge < -0.3 is 10.2 Å². The normalized spacial score (nSPS) is 11.9. The molecule has 0 bridgehead atoms. The molecule has 0 radical (unpaired) electrons. The van der Waals surface area contributed by atoms with Crippen molar-refractivity contribution < 1.29 is 10.2 Å². The number of aromatic hydroxyl groups is 2. The van der Waals surface area contributed by atoms with Crippen LogP contribution in [0.3, 0.4) is 0 Å². The highest BCUT2D eigenvalue weighted by atomic mass is 32.1. The molecule has 0 unspecified atom stereocenters. The Morgan fingerprint density at radius 2 is 1.60 bits per heavy atom. The Labute approximate surface area is 129 Å². The Morgan fingerprint density at radius 3 is 2.20 bits per heavy atom. The minimum absolute atomic E-state index is 0.228. The van der Waals surface area contributed by atoms with Gasteiger partial charge in [-0.3, -0.25) is 0 Å². The molecule has 0 saturated carbocycles. The molecule has 104 valence electrons. The number of thiophene rings is 3. The van der Waals surface area contributed by atoms with Crippen LogP contribution in [0, 0.1) is 0 Å². The average Bonchev–Trinajstić information content (AvgIpc) is 3.08. The van der Waals surface area contributed by atoms with Gasteiger partial charge in [0.15, 0.2) is 0 Å². The van der Waals surface area contributed by atoms with Crippen molar-refractivity contribution in [3.63, 3.8) is 0 Å². The molecule has 3 heterocycles. The van der Waals surface area contributed by atoms with E-state index >= 15 is 0 Å². The summed E-state index contributed by atoms with van der Waals surface area (Å²) >= 11 is 4.78. The van der Waals surface area contributed by atoms with E-state index in [1.54, 1.807) is 46.1 Å². The lowest BCUT2D eigenvalue weighted by molar-refractivity contribution is 0.460. The first-order valence-corrected chi connectivity index (χ1v) is 8.72. The second-order valence-electron chi connectivity index (χ2n) is 5.06. The molecule has 0 aliphatic carbocycles.